The maximum absolute atomic E-state index is 9.32. The number of unbranched alkanes of at least 4 members (excludes halogenated alkanes) is 1. The molecule has 0 aliphatic rings. The second kappa shape index (κ2) is 6.03. The van der Waals surface area contributed by atoms with E-state index in [2.05, 4.69) is 16.8 Å². The van der Waals surface area contributed by atoms with Crippen molar-refractivity contribution in [1.29, 1.82) is 0 Å². The van der Waals surface area contributed by atoms with Gasteiger partial charge in [-0.1, -0.05) is 12.8 Å². The Morgan fingerprint density at radius 3 is 2.88 bits per heavy atom. The van der Waals surface area contributed by atoms with Crippen LogP contribution in [0.15, 0.2) is 0 Å². The normalized spacial score (nSPS) is 6.62. The van der Waals surface area contributed by atoms with E-state index in [-0.39, 0.29) is 0 Å². The molecule has 0 fully saturated rings. The first kappa shape index (κ1) is 7.03. The van der Waals surface area contributed by atoms with Crippen LogP contribution in [0.1, 0.15) is 19.8 Å². The summed E-state index contributed by atoms with van der Waals surface area (Å²) in [5, 5.41) is 0. The molecule has 0 bridgehead atoms. The smallest absolute Gasteiger partial charge is 0.364 e. The van der Waals surface area contributed by atoms with Gasteiger partial charge in [0.2, 0.25) is 0 Å². The van der Waals surface area contributed by atoms with E-state index in [9.17, 15) is 4.79 Å². The third-order valence-electron chi connectivity index (χ3n) is 0.540. The highest BCUT2D eigenvalue weighted by molar-refractivity contribution is 5.40. The predicted octanol–water partition coefficient (Wildman–Crippen LogP) is 0.831. The van der Waals surface area contributed by atoms with Crippen LogP contribution in [0.3, 0.4) is 0 Å². The van der Waals surface area contributed by atoms with Crippen molar-refractivity contribution in [2.24, 2.45) is 0 Å². The van der Waals surface area contributed by atoms with E-state index in [1.807, 2.05) is 6.92 Å². The second-order valence-electron chi connectivity index (χ2n) is 1.21. The van der Waals surface area contributed by atoms with Crippen LogP contribution in [0.25, 0.3) is 0 Å². The van der Waals surface area contributed by atoms with E-state index in [1.165, 1.54) is 6.47 Å². The van der Waals surface area contributed by atoms with Gasteiger partial charge in [0, 0.05) is 6.42 Å². The Morgan fingerprint density at radius 1 is 1.62 bits per heavy atom. The molecule has 0 N–H and O–H groups in total. The van der Waals surface area contributed by atoms with Gasteiger partial charge in [-0.3, -0.25) is 0 Å². The number of ether oxygens (including phenoxy) is 1. The standard InChI is InChI=1S/C6H7O2/c1-2-3-4-5-8-6-7/h2-3H2,1H3. The average Bonchev–Trinajstić information content (AvgIpc) is 1.81. The van der Waals surface area contributed by atoms with Crippen LogP contribution >= 0.6 is 0 Å². The van der Waals surface area contributed by atoms with Gasteiger partial charge in [0.25, 0.3) is 0 Å². The number of hydrogen-bond acceptors (Lipinski definition) is 2. The van der Waals surface area contributed by atoms with E-state index in [4.69, 9.17) is 0 Å². The Morgan fingerprint density at radius 2 is 2.38 bits per heavy atom. The molecule has 0 heterocycles. The molecule has 2 nitrogen and oxygen atoms in total. The maximum Gasteiger partial charge on any atom is 0.432 e. The predicted molar refractivity (Wildman–Crippen MR) is 29.5 cm³/mol. The van der Waals surface area contributed by atoms with Crippen LogP contribution in [0.5, 0.6) is 0 Å². The fourth-order valence-electron chi connectivity index (χ4n) is 0.233. The van der Waals surface area contributed by atoms with E-state index in [0.29, 0.717) is 0 Å². The zero-order valence-electron chi connectivity index (χ0n) is 4.73. The van der Waals surface area contributed by atoms with Gasteiger partial charge in [-0.05, 0) is 6.42 Å². The van der Waals surface area contributed by atoms with Gasteiger partial charge in [-0.15, -0.1) is 0 Å². The van der Waals surface area contributed by atoms with E-state index in [1.54, 1.807) is 0 Å². The SMILES string of the molecule is CCCC#CO[C]=O. The van der Waals surface area contributed by atoms with Crippen molar-refractivity contribution >= 4 is 6.47 Å². The highest BCUT2D eigenvalue weighted by Crippen LogP contribution is 1.79. The lowest BCUT2D eigenvalue weighted by Gasteiger charge is -1.74. The maximum atomic E-state index is 9.32. The number of rotatable bonds is 2. The molecule has 0 aromatic carbocycles. The molecule has 0 aromatic rings. The Kier molecular flexibility index (Phi) is 5.30. The molecule has 0 aliphatic heterocycles. The summed E-state index contributed by atoms with van der Waals surface area (Å²) in [6, 6.07) is 0. The van der Waals surface area contributed by atoms with Crippen LogP contribution in [0.4, 0.5) is 0 Å². The second-order valence-corrected chi connectivity index (χ2v) is 1.21. The van der Waals surface area contributed by atoms with Crippen LogP contribution in [0.2, 0.25) is 0 Å². The third-order valence-corrected chi connectivity index (χ3v) is 0.540. The van der Waals surface area contributed by atoms with Crippen molar-refractivity contribution < 1.29 is 9.53 Å². The van der Waals surface area contributed by atoms with Gasteiger partial charge in [0.05, 0.1) is 0 Å². The summed E-state index contributed by atoms with van der Waals surface area (Å²) < 4.78 is 3.97. The topological polar surface area (TPSA) is 26.3 Å². The summed E-state index contributed by atoms with van der Waals surface area (Å²) in [5.74, 6) is 2.60. The molecular weight excluding hydrogens is 104 g/mol. The van der Waals surface area contributed by atoms with Crippen molar-refractivity contribution in [3.63, 3.8) is 0 Å². The Labute approximate surface area is 48.8 Å². The number of carbonyl (C=O) groups excluding carboxylic acids is 1. The van der Waals surface area contributed by atoms with E-state index in [0.717, 1.165) is 12.8 Å². The Hall–Kier alpha value is -0.970. The van der Waals surface area contributed by atoms with Gasteiger partial charge >= 0.3 is 6.47 Å². The van der Waals surface area contributed by atoms with E-state index >= 15 is 0 Å². The summed E-state index contributed by atoms with van der Waals surface area (Å²) in [4.78, 5) is 9.32. The van der Waals surface area contributed by atoms with Crippen molar-refractivity contribution in [2.75, 3.05) is 0 Å². The van der Waals surface area contributed by atoms with Crippen molar-refractivity contribution in [2.45, 2.75) is 19.8 Å². The van der Waals surface area contributed by atoms with Gasteiger partial charge < -0.3 is 4.74 Å². The summed E-state index contributed by atoms with van der Waals surface area (Å²) in [7, 11) is 0. The molecule has 2 heteroatoms. The summed E-state index contributed by atoms with van der Waals surface area (Å²) in [6.07, 6.45) is 3.91. The first-order valence-corrected chi connectivity index (χ1v) is 2.42. The lowest BCUT2D eigenvalue weighted by atomic mass is 10.4. The van der Waals surface area contributed by atoms with Crippen molar-refractivity contribution in [3.8, 4) is 12.0 Å². The minimum absolute atomic E-state index is 0.766. The molecular formula is C6H7O2. The monoisotopic (exact) mass is 111 g/mol. The molecule has 0 unspecified atom stereocenters. The fourth-order valence-corrected chi connectivity index (χ4v) is 0.233. The average molecular weight is 111 g/mol. The molecule has 0 rings (SSSR count). The largest absolute Gasteiger partial charge is 0.432 e. The minimum Gasteiger partial charge on any atom is -0.364 e. The first-order valence-electron chi connectivity index (χ1n) is 2.42. The Bertz CT molecular complexity index is 107. The zero-order valence-corrected chi connectivity index (χ0v) is 4.73. The lowest BCUT2D eigenvalue weighted by Crippen LogP contribution is -1.72. The van der Waals surface area contributed by atoms with Crippen LogP contribution in [-0.4, -0.2) is 6.47 Å². The highest BCUT2D eigenvalue weighted by Gasteiger charge is 1.70. The highest BCUT2D eigenvalue weighted by atomic mass is 16.5. The quantitative estimate of drug-likeness (QED) is 0.493. The lowest BCUT2D eigenvalue weighted by molar-refractivity contribution is 0.420. The van der Waals surface area contributed by atoms with Gasteiger partial charge in [0.1, 0.15) is 6.11 Å². The van der Waals surface area contributed by atoms with Crippen molar-refractivity contribution in [3.05, 3.63) is 0 Å². The Balaban J connectivity index is 3.07. The third kappa shape index (κ3) is 5.03. The molecule has 0 spiro atoms. The molecule has 0 aromatic heterocycles. The molecule has 8 heavy (non-hydrogen) atoms. The van der Waals surface area contributed by atoms with Gasteiger partial charge in [0.15, 0.2) is 0 Å². The minimum atomic E-state index is 0.766. The zero-order chi connectivity index (χ0) is 6.24. The molecule has 1 radical (unpaired) electrons. The van der Waals surface area contributed by atoms with Crippen molar-refractivity contribution in [1.82, 2.24) is 0 Å². The first-order chi connectivity index (χ1) is 3.91. The van der Waals surface area contributed by atoms with Crippen LogP contribution in [-0.2, 0) is 9.53 Å². The van der Waals surface area contributed by atoms with Gasteiger partial charge in [-0.25, -0.2) is 4.79 Å². The summed E-state index contributed by atoms with van der Waals surface area (Å²) in [6.45, 7) is 3.20. The molecule has 43 valence electrons. The van der Waals surface area contributed by atoms with Crippen LogP contribution < -0.4 is 0 Å². The molecule has 0 atom stereocenters. The van der Waals surface area contributed by atoms with Gasteiger partial charge in [-0.2, -0.15) is 0 Å². The summed E-state index contributed by atoms with van der Waals surface area (Å²) >= 11 is 0. The van der Waals surface area contributed by atoms with Crippen LogP contribution in [0, 0.1) is 12.0 Å². The number of hydrogen-bond donors (Lipinski definition) is 0. The summed E-state index contributed by atoms with van der Waals surface area (Å²) in [5.41, 5.74) is 0. The molecule has 0 amide bonds. The van der Waals surface area contributed by atoms with E-state index < -0.39 is 0 Å². The molecule has 0 saturated heterocycles. The fraction of sp³-hybridized carbons (Fsp3) is 0.500. The molecule has 0 aliphatic carbocycles. The molecule has 0 saturated carbocycles.